The SMILES string of the molecule is C=C(NCc1cc2cc(Cl)c(-c3ccc(CN)nc3)cc2[nH]1)C1(C)CC1. The van der Waals surface area contributed by atoms with Gasteiger partial charge in [0.15, 0.2) is 0 Å². The maximum atomic E-state index is 6.52. The Bertz CT molecular complexity index is 968. The summed E-state index contributed by atoms with van der Waals surface area (Å²) in [5, 5.41) is 5.27. The van der Waals surface area contributed by atoms with Gasteiger partial charge in [-0.05, 0) is 37.1 Å². The van der Waals surface area contributed by atoms with E-state index in [2.05, 4.69) is 40.9 Å². The van der Waals surface area contributed by atoms with Gasteiger partial charge in [-0.2, -0.15) is 0 Å². The Morgan fingerprint density at radius 3 is 2.81 bits per heavy atom. The first-order chi connectivity index (χ1) is 12.5. The second kappa shape index (κ2) is 6.45. The Balaban J connectivity index is 1.58. The number of H-pyrrole nitrogens is 1. The normalized spacial score (nSPS) is 15.2. The van der Waals surface area contributed by atoms with Crippen LogP contribution in [0.3, 0.4) is 0 Å². The molecule has 1 saturated carbocycles. The van der Waals surface area contributed by atoms with E-state index in [9.17, 15) is 0 Å². The fourth-order valence-corrected chi connectivity index (χ4v) is 3.42. The van der Waals surface area contributed by atoms with Gasteiger partial charge >= 0.3 is 0 Å². The molecule has 0 unspecified atom stereocenters. The van der Waals surface area contributed by atoms with E-state index in [1.807, 2.05) is 24.4 Å². The highest BCUT2D eigenvalue weighted by atomic mass is 35.5. The summed E-state index contributed by atoms with van der Waals surface area (Å²) in [6, 6.07) is 10.2. The molecule has 0 radical (unpaired) electrons. The molecule has 0 spiro atoms. The van der Waals surface area contributed by atoms with E-state index < -0.39 is 0 Å². The molecule has 0 aliphatic heterocycles. The minimum Gasteiger partial charge on any atom is -0.383 e. The standard InChI is InChI=1S/C21H23ClN4/c1-13(21(2)5-6-21)24-12-17-7-15-8-19(22)18(9-20(15)26-17)14-3-4-16(10-23)25-11-14/h3-4,7-9,11,24,26H,1,5-6,10,12,23H2,2H3. The molecule has 0 atom stereocenters. The topological polar surface area (TPSA) is 66.7 Å². The first kappa shape index (κ1) is 17.1. The Hall–Kier alpha value is -2.30. The molecule has 5 heteroatoms. The number of nitrogens with one attached hydrogen (secondary N) is 2. The zero-order valence-electron chi connectivity index (χ0n) is 14.9. The van der Waals surface area contributed by atoms with Gasteiger partial charge < -0.3 is 16.0 Å². The first-order valence-corrected chi connectivity index (χ1v) is 9.26. The van der Waals surface area contributed by atoms with Crippen molar-refractivity contribution in [3.8, 4) is 11.1 Å². The number of allylic oxidation sites excluding steroid dienone is 1. The van der Waals surface area contributed by atoms with Gasteiger partial charge in [-0.25, -0.2) is 0 Å². The molecule has 3 aromatic rings. The second-order valence-electron chi connectivity index (χ2n) is 7.35. The van der Waals surface area contributed by atoms with Gasteiger partial charge in [0.2, 0.25) is 0 Å². The van der Waals surface area contributed by atoms with Crippen LogP contribution < -0.4 is 11.1 Å². The highest BCUT2D eigenvalue weighted by Crippen LogP contribution is 2.49. The van der Waals surface area contributed by atoms with Crippen molar-refractivity contribution in [2.75, 3.05) is 0 Å². The third-order valence-corrected chi connectivity index (χ3v) is 5.64. The number of rotatable bonds is 6. The molecule has 4 N–H and O–H groups in total. The van der Waals surface area contributed by atoms with Crippen molar-refractivity contribution in [1.29, 1.82) is 0 Å². The number of fused-ring (bicyclic) bond motifs is 1. The lowest BCUT2D eigenvalue weighted by atomic mass is 10.1. The van der Waals surface area contributed by atoms with E-state index in [0.717, 1.165) is 45.7 Å². The van der Waals surface area contributed by atoms with Gasteiger partial charge in [-0.1, -0.05) is 31.2 Å². The molecule has 1 fully saturated rings. The van der Waals surface area contributed by atoms with Crippen LogP contribution in [0.15, 0.2) is 48.8 Å². The molecule has 0 saturated heterocycles. The summed E-state index contributed by atoms with van der Waals surface area (Å²) in [7, 11) is 0. The monoisotopic (exact) mass is 366 g/mol. The minimum absolute atomic E-state index is 0.283. The largest absolute Gasteiger partial charge is 0.383 e. The molecule has 4 rings (SSSR count). The fourth-order valence-electron chi connectivity index (χ4n) is 3.14. The second-order valence-corrected chi connectivity index (χ2v) is 7.76. The van der Waals surface area contributed by atoms with E-state index in [0.29, 0.717) is 11.6 Å². The number of aromatic nitrogens is 2. The van der Waals surface area contributed by atoms with Crippen molar-refractivity contribution < 1.29 is 0 Å². The maximum absolute atomic E-state index is 6.52. The van der Waals surface area contributed by atoms with Crippen molar-refractivity contribution in [1.82, 2.24) is 15.3 Å². The Kier molecular flexibility index (Phi) is 4.25. The number of pyridine rings is 1. The van der Waals surface area contributed by atoms with Crippen molar-refractivity contribution in [2.24, 2.45) is 11.1 Å². The van der Waals surface area contributed by atoms with Crippen molar-refractivity contribution >= 4 is 22.5 Å². The third kappa shape index (κ3) is 3.22. The van der Waals surface area contributed by atoms with Gasteiger partial charge in [0, 0.05) is 56.6 Å². The molecule has 0 amide bonds. The molecule has 4 nitrogen and oxygen atoms in total. The van der Waals surface area contributed by atoms with Crippen LogP contribution in [0.1, 0.15) is 31.2 Å². The summed E-state index contributed by atoms with van der Waals surface area (Å²) in [6.07, 6.45) is 4.27. The summed E-state index contributed by atoms with van der Waals surface area (Å²) in [5.74, 6) is 0. The average Bonchev–Trinajstić information content (AvgIpc) is 3.28. The molecular formula is C21H23ClN4. The predicted molar refractivity (Wildman–Crippen MR) is 108 cm³/mol. The Morgan fingerprint density at radius 1 is 1.35 bits per heavy atom. The maximum Gasteiger partial charge on any atom is 0.0548 e. The number of halogens is 1. The molecule has 26 heavy (non-hydrogen) atoms. The average molecular weight is 367 g/mol. The number of benzene rings is 1. The van der Waals surface area contributed by atoms with Crippen LogP contribution in [0, 0.1) is 5.41 Å². The van der Waals surface area contributed by atoms with Crippen LogP contribution in [0.2, 0.25) is 5.02 Å². The van der Waals surface area contributed by atoms with Gasteiger partial charge in [-0.3, -0.25) is 4.98 Å². The quantitative estimate of drug-likeness (QED) is 0.590. The van der Waals surface area contributed by atoms with Gasteiger partial charge in [0.25, 0.3) is 0 Å². The van der Waals surface area contributed by atoms with Crippen molar-refractivity contribution in [3.63, 3.8) is 0 Å². The zero-order chi connectivity index (χ0) is 18.3. The van der Waals surface area contributed by atoms with Crippen molar-refractivity contribution in [3.05, 3.63) is 65.2 Å². The van der Waals surface area contributed by atoms with Crippen LogP contribution in [-0.2, 0) is 13.1 Å². The molecule has 2 aromatic heterocycles. The molecule has 1 aliphatic rings. The van der Waals surface area contributed by atoms with Gasteiger partial charge in [-0.15, -0.1) is 0 Å². The third-order valence-electron chi connectivity index (χ3n) is 5.33. The number of nitrogens with two attached hydrogens (primary N) is 1. The molecule has 134 valence electrons. The van der Waals surface area contributed by atoms with E-state index in [1.165, 1.54) is 12.8 Å². The first-order valence-electron chi connectivity index (χ1n) is 8.88. The highest BCUT2D eigenvalue weighted by Gasteiger charge is 2.40. The number of nitrogens with zero attached hydrogens (tertiary/aromatic N) is 1. The van der Waals surface area contributed by atoms with E-state index in [4.69, 9.17) is 17.3 Å². The summed E-state index contributed by atoms with van der Waals surface area (Å²) >= 11 is 6.52. The number of hydrogen-bond acceptors (Lipinski definition) is 3. The summed E-state index contributed by atoms with van der Waals surface area (Å²) < 4.78 is 0. The van der Waals surface area contributed by atoms with Crippen LogP contribution in [0.5, 0.6) is 0 Å². The van der Waals surface area contributed by atoms with Crippen LogP contribution in [-0.4, -0.2) is 9.97 Å². The van der Waals surface area contributed by atoms with Crippen molar-refractivity contribution in [2.45, 2.75) is 32.9 Å². The number of hydrogen-bond donors (Lipinski definition) is 3. The summed E-state index contributed by atoms with van der Waals surface area (Å²) in [4.78, 5) is 7.84. The fraction of sp³-hybridized carbons (Fsp3) is 0.286. The lowest BCUT2D eigenvalue weighted by Gasteiger charge is -2.14. The lowest BCUT2D eigenvalue weighted by Crippen LogP contribution is -2.18. The lowest BCUT2D eigenvalue weighted by molar-refractivity contribution is 0.598. The van der Waals surface area contributed by atoms with E-state index in [1.54, 1.807) is 0 Å². The smallest absolute Gasteiger partial charge is 0.0548 e. The molecule has 1 aliphatic carbocycles. The van der Waals surface area contributed by atoms with Crippen LogP contribution in [0.25, 0.3) is 22.0 Å². The Morgan fingerprint density at radius 2 is 2.15 bits per heavy atom. The summed E-state index contributed by atoms with van der Waals surface area (Å²) in [5.41, 5.74) is 12.0. The summed E-state index contributed by atoms with van der Waals surface area (Å²) in [6.45, 7) is 7.60. The molecule has 0 bridgehead atoms. The van der Waals surface area contributed by atoms with Crippen LogP contribution >= 0.6 is 11.6 Å². The van der Waals surface area contributed by atoms with Crippen LogP contribution in [0.4, 0.5) is 0 Å². The molecular weight excluding hydrogens is 344 g/mol. The van der Waals surface area contributed by atoms with E-state index in [-0.39, 0.29) is 5.41 Å². The minimum atomic E-state index is 0.283. The van der Waals surface area contributed by atoms with Gasteiger partial charge in [0.05, 0.1) is 12.2 Å². The number of aromatic amines is 1. The molecule has 2 heterocycles. The Labute approximate surface area is 158 Å². The zero-order valence-corrected chi connectivity index (χ0v) is 15.7. The van der Waals surface area contributed by atoms with E-state index >= 15 is 0 Å². The predicted octanol–water partition coefficient (Wildman–Crippen LogP) is 4.75. The highest BCUT2D eigenvalue weighted by molar-refractivity contribution is 6.34. The van der Waals surface area contributed by atoms with Gasteiger partial charge in [0.1, 0.15) is 0 Å². The molecule has 1 aromatic carbocycles.